The maximum Gasteiger partial charge on any atom is 0.158 e. The Morgan fingerprint density at radius 1 is 0.750 bits per heavy atom. The van der Waals surface area contributed by atoms with Crippen molar-refractivity contribution >= 4 is 11.3 Å². The van der Waals surface area contributed by atoms with Gasteiger partial charge in [0.05, 0.1) is 0 Å². The number of phenols is 4. The highest BCUT2D eigenvalue weighted by Crippen LogP contribution is 2.38. The third-order valence-electron chi connectivity index (χ3n) is 3.20. The van der Waals surface area contributed by atoms with Crippen molar-refractivity contribution in [3.05, 3.63) is 35.9 Å². The van der Waals surface area contributed by atoms with E-state index in [-0.39, 0.29) is 23.0 Å². The number of aromatic nitrogens is 2. The molecule has 0 bridgehead atoms. The molecule has 3 aromatic rings. The summed E-state index contributed by atoms with van der Waals surface area (Å²) in [5.41, 5.74) is 2.05. The first-order valence-corrected chi connectivity index (χ1v) is 8.16. The van der Waals surface area contributed by atoms with Crippen molar-refractivity contribution in [3.8, 4) is 44.1 Å². The summed E-state index contributed by atoms with van der Waals surface area (Å²) in [7, 11) is 0. The van der Waals surface area contributed by atoms with Crippen molar-refractivity contribution in [1.82, 2.24) is 10.2 Å². The molecular formula is C17H18N2O4S. The summed E-state index contributed by atoms with van der Waals surface area (Å²) in [4.78, 5) is 0. The number of nitrogens with zero attached hydrogens (tertiary/aromatic N) is 2. The van der Waals surface area contributed by atoms with Crippen LogP contribution in [0.2, 0.25) is 0 Å². The molecule has 0 atom stereocenters. The Bertz CT molecular complexity index is 862. The number of rotatable bonds is 2. The van der Waals surface area contributed by atoms with E-state index in [2.05, 4.69) is 10.2 Å². The molecule has 4 N–H and O–H groups in total. The van der Waals surface area contributed by atoms with Crippen LogP contribution in [0.25, 0.3) is 21.1 Å². The Balaban J connectivity index is 0.00000100. The zero-order valence-electron chi connectivity index (χ0n) is 13.5. The van der Waals surface area contributed by atoms with Crippen LogP contribution in [-0.2, 0) is 0 Å². The second kappa shape index (κ2) is 7.18. The molecule has 1 aromatic heterocycles. The van der Waals surface area contributed by atoms with Gasteiger partial charge in [0.2, 0.25) is 0 Å². The zero-order valence-corrected chi connectivity index (χ0v) is 14.3. The van der Waals surface area contributed by atoms with Crippen molar-refractivity contribution in [2.24, 2.45) is 0 Å². The van der Waals surface area contributed by atoms with Crippen LogP contribution in [0.1, 0.15) is 19.4 Å². The van der Waals surface area contributed by atoms with E-state index in [4.69, 9.17) is 0 Å². The molecule has 0 saturated carbocycles. The van der Waals surface area contributed by atoms with E-state index in [1.807, 2.05) is 13.8 Å². The molecule has 2 aromatic carbocycles. The number of aromatic hydroxyl groups is 4. The van der Waals surface area contributed by atoms with Gasteiger partial charge in [0, 0.05) is 11.1 Å². The number of aryl methyl sites for hydroxylation is 1. The summed E-state index contributed by atoms with van der Waals surface area (Å²) < 4.78 is 0. The van der Waals surface area contributed by atoms with Crippen molar-refractivity contribution < 1.29 is 20.4 Å². The minimum atomic E-state index is -0.229. The number of phenolic OH excluding ortho intramolecular Hbond substituents is 4. The van der Waals surface area contributed by atoms with Crippen LogP contribution >= 0.6 is 11.3 Å². The molecule has 0 aliphatic carbocycles. The van der Waals surface area contributed by atoms with Gasteiger partial charge < -0.3 is 20.4 Å². The van der Waals surface area contributed by atoms with E-state index in [9.17, 15) is 20.4 Å². The first-order chi connectivity index (χ1) is 11.5. The van der Waals surface area contributed by atoms with Gasteiger partial charge in [-0.05, 0) is 42.8 Å². The zero-order chi connectivity index (χ0) is 17.9. The lowest BCUT2D eigenvalue weighted by Gasteiger charge is -2.04. The molecule has 24 heavy (non-hydrogen) atoms. The molecule has 0 radical (unpaired) electrons. The molecule has 0 fully saturated rings. The van der Waals surface area contributed by atoms with E-state index >= 15 is 0 Å². The largest absolute Gasteiger partial charge is 0.504 e. The van der Waals surface area contributed by atoms with Crippen molar-refractivity contribution in [1.29, 1.82) is 0 Å². The van der Waals surface area contributed by atoms with Crippen LogP contribution in [-0.4, -0.2) is 30.6 Å². The Morgan fingerprint density at radius 2 is 1.33 bits per heavy atom. The number of benzene rings is 2. The van der Waals surface area contributed by atoms with Gasteiger partial charge >= 0.3 is 0 Å². The molecule has 0 amide bonds. The fourth-order valence-corrected chi connectivity index (χ4v) is 2.94. The lowest BCUT2D eigenvalue weighted by molar-refractivity contribution is 0.403. The molecule has 6 nitrogen and oxygen atoms in total. The van der Waals surface area contributed by atoms with E-state index < -0.39 is 0 Å². The molecule has 0 aliphatic heterocycles. The van der Waals surface area contributed by atoms with Gasteiger partial charge in [-0.15, -0.1) is 10.2 Å². The fourth-order valence-electron chi connectivity index (χ4n) is 2.02. The van der Waals surface area contributed by atoms with Gasteiger partial charge in [-0.1, -0.05) is 25.2 Å². The van der Waals surface area contributed by atoms with Gasteiger partial charge in [0.15, 0.2) is 23.0 Å². The maximum absolute atomic E-state index is 9.62. The van der Waals surface area contributed by atoms with Gasteiger partial charge in [-0.3, -0.25) is 0 Å². The molecule has 3 rings (SSSR count). The predicted octanol–water partition coefficient (Wildman–Crippen LogP) is 4.03. The first-order valence-electron chi connectivity index (χ1n) is 7.34. The highest BCUT2D eigenvalue weighted by molar-refractivity contribution is 7.17. The molecule has 0 saturated heterocycles. The summed E-state index contributed by atoms with van der Waals surface area (Å²) in [6.07, 6.45) is 0. The molecule has 7 heteroatoms. The lowest BCUT2D eigenvalue weighted by atomic mass is 10.1. The number of hydrogen-bond donors (Lipinski definition) is 4. The fraction of sp³-hybridized carbons (Fsp3) is 0.176. The van der Waals surface area contributed by atoms with Gasteiger partial charge in [0.1, 0.15) is 10.0 Å². The van der Waals surface area contributed by atoms with E-state index in [1.54, 1.807) is 13.0 Å². The Labute approximate surface area is 143 Å². The molecule has 0 unspecified atom stereocenters. The standard InChI is InChI=1S/C15H12N2O4S.C2H6/c1-7-4-11(19)13(21)6-9(7)15-17-16-14(22-15)8-2-3-10(18)12(20)5-8;1-2/h2-6,18-21H,1H3;1-2H3. The van der Waals surface area contributed by atoms with Crippen LogP contribution < -0.4 is 0 Å². The molecule has 126 valence electrons. The average molecular weight is 346 g/mol. The van der Waals surface area contributed by atoms with Gasteiger partial charge in [-0.25, -0.2) is 0 Å². The minimum Gasteiger partial charge on any atom is -0.504 e. The van der Waals surface area contributed by atoms with Crippen LogP contribution in [0.5, 0.6) is 23.0 Å². The van der Waals surface area contributed by atoms with Crippen LogP contribution in [0.15, 0.2) is 30.3 Å². The van der Waals surface area contributed by atoms with Gasteiger partial charge in [-0.2, -0.15) is 0 Å². The quantitative estimate of drug-likeness (QED) is 0.522. The summed E-state index contributed by atoms with van der Waals surface area (Å²) in [5, 5.41) is 47.3. The highest BCUT2D eigenvalue weighted by Gasteiger charge is 2.14. The Hall–Kier alpha value is -2.80. The molecule has 1 heterocycles. The average Bonchev–Trinajstić information content (AvgIpc) is 3.05. The van der Waals surface area contributed by atoms with E-state index in [0.717, 1.165) is 5.56 Å². The summed E-state index contributed by atoms with van der Waals surface area (Å²) in [6, 6.07) is 7.30. The predicted molar refractivity (Wildman–Crippen MR) is 93.5 cm³/mol. The summed E-state index contributed by atoms with van der Waals surface area (Å²) in [6.45, 7) is 5.79. The van der Waals surface area contributed by atoms with Crippen molar-refractivity contribution in [3.63, 3.8) is 0 Å². The SMILES string of the molecule is CC.Cc1cc(O)c(O)cc1-c1nnc(-c2ccc(O)c(O)c2)s1. The second-order valence-electron chi connectivity index (χ2n) is 4.77. The Morgan fingerprint density at radius 3 is 2.00 bits per heavy atom. The summed E-state index contributed by atoms with van der Waals surface area (Å²) >= 11 is 1.27. The first kappa shape index (κ1) is 17.6. The van der Waals surface area contributed by atoms with E-state index in [0.29, 0.717) is 21.1 Å². The third kappa shape index (κ3) is 3.41. The van der Waals surface area contributed by atoms with Crippen LogP contribution in [0, 0.1) is 6.92 Å². The monoisotopic (exact) mass is 346 g/mol. The topological polar surface area (TPSA) is 107 Å². The van der Waals surface area contributed by atoms with Crippen molar-refractivity contribution in [2.45, 2.75) is 20.8 Å². The number of hydrogen-bond acceptors (Lipinski definition) is 7. The normalized spacial score (nSPS) is 10.1. The van der Waals surface area contributed by atoms with Crippen LogP contribution in [0.3, 0.4) is 0 Å². The van der Waals surface area contributed by atoms with Crippen LogP contribution in [0.4, 0.5) is 0 Å². The summed E-state index contributed by atoms with van der Waals surface area (Å²) in [5.74, 6) is -0.838. The molecular weight excluding hydrogens is 328 g/mol. The maximum atomic E-state index is 9.62. The molecule has 0 spiro atoms. The smallest absolute Gasteiger partial charge is 0.158 e. The Kier molecular flexibility index (Phi) is 5.25. The van der Waals surface area contributed by atoms with Crippen molar-refractivity contribution in [2.75, 3.05) is 0 Å². The van der Waals surface area contributed by atoms with Gasteiger partial charge in [0.25, 0.3) is 0 Å². The molecule has 0 aliphatic rings. The van der Waals surface area contributed by atoms with E-state index in [1.165, 1.54) is 35.6 Å². The lowest BCUT2D eigenvalue weighted by Crippen LogP contribution is -1.83. The highest BCUT2D eigenvalue weighted by atomic mass is 32.1. The third-order valence-corrected chi connectivity index (χ3v) is 4.20. The minimum absolute atomic E-state index is 0.186. The second-order valence-corrected chi connectivity index (χ2v) is 5.75.